The van der Waals surface area contributed by atoms with E-state index in [-0.39, 0.29) is 0 Å². The summed E-state index contributed by atoms with van der Waals surface area (Å²) in [4.78, 5) is 1.28. The number of hydrogen-bond acceptors (Lipinski definition) is 2. The molecule has 0 radical (unpaired) electrons. The van der Waals surface area contributed by atoms with E-state index in [1.54, 1.807) is 11.8 Å². The first-order valence-electron chi connectivity index (χ1n) is 5.73. The highest BCUT2D eigenvalue weighted by Gasteiger charge is 1.97. The molecule has 0 heterocycles. The molecule has 0 atom stereocenters. The predicted octanol–water partition coefficient (Wildman–Crippen LogP) is 4.89. The minimum absolute atomic E-state index is 0.643. The fraction of sp³-hybridized carbons (Fsp3) is 0.200. The molecule has 2 rings (SSSR count). The first-order chi connectivity index (χ1) is 8.78. The number of thioether (sulfide) groups is 1. The molecule has 0 unspecified atom stereocenters. The SMILES string of the molecule is CSc1ccc(COCc2cccc(Br)c2)cc1. The van der Waals surface area contributed by atoms with E-state index in [1.807, 2.05) is 12.1 Å². The summed E-state index contributed by atoms with van der Waals surface area (Å²) >= 11 is 5.21. The molecule has 0 amide bonds. The highest BCUT2D eigenvalue weighted by atomic mass is 79.9. The average Bonchev–Trinajstić information content (AvgIpc) is 2.40. The van der Waals surface area contributed by atoms with Crippen LogP contribution in [0.1, 0.15) is 11.1 Å². The molecule has 0 aliphatic heterocycles. The largest absolute Gasteiger partial charge is 0.372 e. The lowest BCUT2D eigenvalue weighted by Gasteiger charge is -2.05. The third-order valence-electron chi connectivity index (χ3n) is 2.59. The Hall–Kier alpha value is -0.770. The molecule has 0 saturated heterocycles. The van der Waals surface area contributed by atoms with Crippen molar-refractivity contribution in [2.45, 2.75) is 18.1 Å². The summed E-state index contributed by atoms with van der Waals surface area (Å²) in [5.74, 6) is 0. The van der Waals surface area contributed by atoms with Crippen molar-refractivity contribution < 1.29 is 4.74 Å². The van der Waals surface area contributed by atoms with Crippen molar-refractivity contribution in [1.29, 1.82) is 0 Å². The van der Waals surface area contributed by atoms with Gasteiger partial charge in [0.25, 0.3) is 0 Å². The molecule has 18 heavy (non-hydrogen) atoms. The fourth-order valence-corrected chi connectivity index (χ4v) is 2.49. The summed E-state index contributed by atoms with van der Waals surface area (Å²) < 4.78 is 6.80. The van der Waals surface area contributed by atoms with Crippen molar-refractivity contribution in [3.05, 3.63) is 64.1 Å². The summed E-state index contributed by atoms with van der Waals surface area (Å²) in [5, 5.41) is 0. The molecule has 3 heteroatoms. The number of ether oxygens (including phenoxy) is 1. The van der Waals surface area contributed by atoms with E-state index in [2.05, 4.69) is 58.6 Å². The first kappa shape index (κ1) is 13.7. The Morgan fingerprint density at radius 1 is 1.00 bits per heavy atom. The van der Waals surface area contributed by atoms with Gasteiger partial charge >= 0.3 is 0 Å². The average molecular weight is 323 g/mol. The van der Waals surface area contributed by atoms with Crippen LogP contribution >= 0.6 is 27.7 Å². The van der Waals surface area contributed by atoms with Gasteiger partial charge in [0.1, 0.15) is 0 Å². The zero-order valence-electron chi connectivity index (χ0n) is 10.2. The summed E-state index contributed by atoms with van der Waals surface area (Å²) in [7, 11) is 0. The lowest BCUT2D eigenvalue weighted by atomic mass is 10.2. The topological polar surface area (TPSA) is 9.23 Å². The minimum Gasteiger partial charge on any atom is -0.372 e. The van der Waals surface area contributed by atoms with Gasteiger partial charge in [0, 0.05) is 9.37 Å². The van der Waals surface area contributed by atoms with Gasteiger partial charge < -0.3 is 4.74 Å². The van der Waals surface area contributed by atoms with Crippen LogP contribution in [-0.4, -0.2) is 6.26 Å². The van der Waals surface area contributed by atoms with Crippen LogP contribution < -0.4 is 0 Å². The molecule has 0 saturated carbocycles. The van der Waals surface area contributed by atoms with Gasteiger partial charge in [-0.3, -0.25) is 0 Å². The van der Waals surface area contributed by atoms with Gasteiger partial charge in [-0.15, -0.1) is 11.8 Å². The van der Waals surface area contributed by atoms with E-state index >= 15 is 0 Å². The zero-order chi connectivity index (χ0) is 12.8. The molecular weight excluding hydrogens is 308 g/mol. The van der Waals surface area contributed by atoms with E-state index < -0.39 is 0 Å². The van der Waals surface area contributed by atoms with Gasteiger partial charge in [-0.25, -0.2) is 0 Å². The van der Waals surface area contributed by atoms with Gasteiger partial charge in [-0.05, 0) is 41.6 Å². The minimum atomic E-state index is 0.643. The summed E-state index contributed by atoms with van der Waals surface area (Å²) in [6, 6.07) is 16.7. The molecule has 2 aromatic carbocycles. The van der Waals surface area contributed by atoms with Crippen LogP contribution in [0.15, 0.2) is 57.9 Å². The summed E-state index contributed by atoms with van der Waals surface area (Å²) in [6.07, 6.45) is 2.08. The summed E-state index contributed by atoms with van der Waals surface area (Å²) in [5.41, 5.74) is 2.40. The van der Waals surface area contributed by atoms with Gasteiger partial charge in [0.05, 0.1) is 13.2 Å². The molecule has 0 fully saturated rings. The van der Waals surface area contributed by atoms with Crippen molar-refractivity contribution in [2.75, 3.05) is 6.26 Å². The number of halogens is 1. The lowest BCUT2D eigenvalue weighted by Crippen LogP contribution is -1.94. The third-order valence-corrected chi connectivity index (χ3v) is 3.82. The fourth-order valence-electron chi connectivity index (χ4n) is 1.64. The van der Waals surface area contributed by atoms with Gasteiger partial charge in [0.15, 0.2) is 0 Å². The molecule has 0 bridgehead atoms. The molecular formula is C15H15BrOS. The van der Waals surface area contributed by atoms with Gasteiger partial charge in [-0.1, -0.05) is 40.2 Å². The zero-order valence-corrected chi connectivity index (χ0v) is 12.6. The lowest BCUT2D eigenvalue weighted by molar-refractivity contribution is 0.107. The van der Waals surface area contributed by atoms with E-state index in [9.17, 15) is 0 Å². The number of rotatable bonds is 5. The first-order valence-corrected chi connectivity index (χ1v) is 7.75. The van der Waals surface area contributed by atoms with Gasteiger partial charge in [0.2, 0.25) is 0 Å². The molecule has 94 valence electrons. The normalized spacial score (nSPS) is 10.6. The molecule has 0 N–H and O–H groups in total. The van der Waals surface area contributed by atoms with Crippen LogP contribution in [0.5, 0.6) is 0 Å². The second-order valence-corrected chi connectivity index (χ2v) is 5.77. The Balaban J connectivity index is 1.84. The third kappa shape index (κ3) is 4.16. The Morgan fingerprint density at radius 3 is 2.39 bits per heavy atom. The van der Waals surface area contributed by atoms with Crippen molar-refractivity contribution in [3.8, 4) is 0 Å². The Kier molecular flexibility index (Phi) is 5.29. The second-order valence-electron chi connectivity index (χ2n) is 3.97. The van der Waals surface area contributed by atoms with Crippen LogP contribution in [0.4, 0.5) is 0 Å². The van der Waals surface area contributed by atoms with Crippen LogP contribution in [0.25, 0.3) is 0 Å². The molecule has 1 nitrogen and oxygen atoms in total. The van der Waals surface area contributed by atoms with Crippen molar-refractivity contribution >= 4 is 27.7 Å². The second kappa shape index (κ2) is 6.98. The Bertz CT molecular complexity index is 496. The van der Waals surface area contributed by atoms with Crippen LogP contribution in [0, 0.1) is 0 Å². The van der Waals surface area contributed by atoms with Gasteiger partial charge in [-0.2, -0.15) is 0 Å². The molecule has 0 spiro atoms. The standard InChI is InChI=1S/C15H15BrOS/c1-18-15-7-5-12(6-8-15)10-17-11-13-3-2-4-14(16)9-13/h2-9H,10-11H2,1H3. The monoisotopic (exact) mass is 322 g/mol. The Morgan fingerprint density at radius 2 is 1.72 bits per heavy atom. The van der Waals surface area contributed by atoms with E-state index in [0.29, 0.717) is 13.2 Å². The van der Waals surface area contributed by atoms with Crippen molar-refractivity contribution in [2.24, 2.45) is 0 Å². The van der Waals surface area contributed by atoms with E-state index in [1.165, 1.54) is 16.0 Å². The van der Waals surface area contributed by atoms with E-state index in [0.717, 1.165) is 4.47 Å². The van der Waals surface area contributed by atoms with Crippen LogP contribution in [0.3, 0.4) is 0 Å². The molecule has 0 aliphatic rings. The van der Waals surface area contributed by atoms with E-state index in [4.69, 9.17) is 4.74 Å². The maximum Gasteiger partial charge on any atom is 0.0721 e. The maximum absolute atomic E-state index is 5.71. The summed E-state index contributed by atoms with van der Waals surface area (Å²) in [6.45, 7) is 1.30. The number of hydrogen-bond donors (Lipinski definition) is 0. The Labute approximate surface area is 121 Å². The molecule has 0 aliphatic carbocycles. The smallest absolute Gasteiger partial charge is 0.0721 e. The highest BCUT2D eigenvalue weighted by Crippen LogP contribution is 2.16. The quantitative estimate of drug-likeness (QED) is 0.725. The highest BCUT2D eigenvalue weighted by molar-refractivity contribution is 9.10. The molecule has 0 aromatic heterocycles. The predicted molar refractivity (Wildman–Crippen MR) is 80.9 cm³/mol. The van der Waals surface area contributed by atoms with Crippen LogP contribution in [0.2, 0.25) is 0 Å². The van der Waals surface area contributed by atoms with Crippen molar-refractivity contribution in [1.82, 2.24) is 0 Å². The number of benzene rings is 2. The maximum atomic E-state index is 5.71. The van der Waals surface area contributed by atoms with Crippen molar-refractivity contribution in [3.63, 3.8) is 0 Å². The molecule has 2 aromatic rings. The van der Waals surface area contributed by atoms with Crippen LogP contribution in [-0.2, 0) is 18.0 Å².